The molecular formula is C12H16N4O5S. The van der Waals surface area contributed by atoms with Gasteiger partial charge in [0.1, 0.15) is 12.1 Å². The Labute approximate surface area is 127 Å². The lowest BCUT2D eigenvalue weighted by Crippen LogP contribution is -2.32. The molecule has 1 aromatic carbocycles. The van der Waals surface area contributed by atoms with Crippen molar-refractivity contribution in [2.24, 2.45) is 0 Å². The topological polar surface area (TPSA) is 115 Å². The first kappa shape index (κ1) is 16.3. The summed E-state index contributed by atoms with van der Waals surface area (Å²) in [6.45, 7) is 0.346. The van der Waals surface area contributed by atoms with Gasteiger partial charge >= 0.3 is 5.97 Å². The van der Waals surface area contributed by atoms with Crippen molar-refractivity contribution in [3.8, 4) is 0 Å². The molecule has 2 rings (SSSR count). The average molecular weight is 328 g/mol. The monoisotopic (exact) mass is 328 g/mol. The number of methoxy groups -OCH3 is 1. The summed E-state index contributed by atoms with van der Waals surface area (Å²) in [5.41, 5.74) is 1.10. The van der Waals surface area contributed by atoms with Crippen molar-refractivity contribution in [1.29, 1.82) is 0 Å². The zero-order chi connectivity index (χ0) is 16.3. The first-order chi connectivity index (χ1) is 10.4. The third-order valence-electron chi connectivity index (χ3n) is 3.06. The predicted molar refractivity (Wildman–Crippen MR) is 76.9 cm³/mol. The first-order valence-corrected chi connectivity index (χ1v) is 7.80. The Balaban J connectivity index is 2.35. The Morgan fingerprint density at radius 3 is 2.82 bits per heavy atom. The molecule has 9 nitrogen and oxygen atoms in total. The number of carboxylic acids is 1. The van der Waals surface area contributed by atoms with Crippen LogP contribution in [0, 0.1) is 0 Å². The van der Waals surface area contributed by atoms with E-state index in [-0.39, 0.29) is 4.90 Å². The summed E-state index contributed by atoms with van der Waals surface area (Å²) in [5, 5.41) is 16.6. The molecule has 1 N–H and O–H groups in total. The van der Waals surface area contributed by atoms with Crippen LogP contribution in [0.1, 0.15) is 0 Å². The number of benzene rings is 1. The Bertz CT molecular complexity index is 786. The second-order valence-electron chi connectivity index (χ2n) is 4.61. The Kier molecular flexibility index (Phi) is 4.74. The van der Waals surface area contributed by atoms with Crippen molar-refractivity contribution in [1.82, 2.24) is 19.3 Å². The maximum Gasteiger partial charge on any atom is 0.318 e. The van der Waals surface area contributed by atoms with E-state index in [1.165, 1.54) is 19.2 Å². The van der Waals surface area contributed by atoms with Gasteiger partial charge in [-0.05, 0) is 18.2 Å². The molecule has 0 spiro atoms. The lowest BCUT2D eigenvalue weighted by atomic mass is 10.3. The summed E-state index contributed by atoms with van der Waals surface area (Å²) in [5.74, 6) is -1.22. The van der Waals surface area contributed by atoms with E-state index in [1.807, 2.05) is 0 Å². The largest absolute Gasteiger partial charge is 0.480 e. The minimum absolute atomic E-state index is 0.0254. The van der Waals surface area contributed by atoms with Crippen LogP contribution in [0.5, 0.6) is 0 Å². The SMILES string of the molecule is COCCn1nnc2cc(S(=O)(=O)N(C)CC(=O)O)ccc21. The van der Waals surface area contributed by atoms with Gasteiger partial charge in [-0.25, -0.2) is 13.1 Å². The smallest absolute Gasteiger partial charge is 0.318 e. The molecule has 0 bridgehead atoms. The number of aliphatic carboxylic acids is 1. The molecule has 0 amide bonds. The number of rotatable bonds is 7. The van der Waals surface area contributed by atoms with Crippen LogP contribution in [0.3, 0.4) is 0 Å². The minimum Gasteiger partial charge on any atom is -0.480 e. The molecule has 0 radical (unpaired) electrons. The number of nitrogens with zero attached hydrogens (tertiary/aromatic N) is 4. The second kappa shape index (κ2) is 6.38. The third-order valence-corrected chi connectivity index (χ3v) is 4.86. The van der Waals surface area contributed by atoms with E-state index in [0.717, 1.165) is 4.31 Å². The number of carboxylic acid groups (broad SMARTS) is 1. The maximum atomic E-state index is 12.3. The van der Waals surface area contributed by atoms with Gasteiger partial charge in [-0.15, -0.1) is 5.10 Å². The minimum atomic E-state index is -3.88. The van der Waals surface area contributed by atoms with Crippen LogP contribution >= 0.6 is 0 Å². The van der Waals surface area contributed by atoms with E-state index in [0.29, 0.717) is 24.2 Å². The molecule has 1 aromatic heterocycles. The van der Waals surface area contributed by atoms with Crippen molar-refractivity contribution in [3.05, 3.63) is 18.2 Å². The number of ether oxygens (including phenoxy) is 1. The highest BCUT2D eigenvalue weighted by Gasteiger charge is 2.23. The zero-order valence-electron chi connectivity index (χ0n) is 12.1. The first-order valence-electron chi connectivity index (χ1n) is 6.36. The lowest BCUT2D eigenvalue weighted by molar-refractivity contribution is -0.137. The van der Waals surface area contributed by atoms with Crippen LogP contribution in [-0.2, 0) is 26.1 Å². The van der Waals surface area contributed by atoms with E-state index in [1.54, 1.807) is 17.9 Å². The third kappa shape index (κ3) is 3.24. The van der Waals surface area contributed by atoms with Crippen molar-refractivity contribution >= 4 is 27.0 Å². The molecule has 2 aromatic rings. The molecule has 120 valence electrons. The number of fused-ring (bicyclic) bond motifs is 1. The Morgan fingerprint density at radius 2 is 2.18 bits per heavy atom. The molecule has 0 atom stereocenters. The molecule has 0 aliphatic carbocycles. The van der Waals surface area contributed by atoms with Gasteiger partial charge in [0.15, 0.2) is 0 Å². The van der Waals surface area contributed by atoms with Crippen molar-refractivity contribution in [3.63, 3.8) is 0 Å². The standard InChI is InChI=1S/C12H16N4O5S/c1-15(8-12(17)18)22(19,20)9-3-4-11-10(7-9)13-14-16(11)5-6-21-2/h3-4,7H,5-6,8H2,1-2H3,(H,17,18). The summed E-state index contributed by atoms with van der Waals surface area (Å²) in [6.07, 6.45) is 0. The second-order valence-corrected chi connectivity index (χ2v) is 6.66. The molecule has 0 saturated carbocycles. The van der Waals surface area contributed by atoms with Crippen molar-refractivity contribution in [2.45, 2.75) is 11.4 Å². The highest BCUT2D eigenvalue weighted by atomic mass is 32.2. The molecule has 0 aliphatic rings. The van der Waals surface area contributed by atoms with Gasteiger partial charge in [0.05, 0.1) is 23.6 Å². The van der Waals surface area contributed by atoms with Gasteiger partial charge in [0, 0.05) is 14.2 Å². The quantitative estimate of drug-likeness (QED) is 0.747. The summed E-state index contributed by atoms with van der Waals surface area (Å²) in [4.78, 5) is 10.6. The van der Waals surface area contributed by atoms with E-state index >= 15 is 0 Å². The summed E-state index contributed by atoms with van der Waals surface area (Å²) < 4.78 is 31.9. The fourth-order valence-corrected chi connectivity index (χ4v) is 3.05. The fourth-order valence-electron chi connectivity index (χ4n) is 1.91. The van der Waals surface area contributed by atoms with E-state index in [2.05, 4.69) is 10.3 Å². The van der Waals surface area contributed by atoms with Gasteiger partial charge in [0.2, 0.25) is 10.0 Å². The molecule has 22 heavy (non-hydrogen) atoms. The van der Waals surface area contributed by atoms with Crippen LogP contribution in [0.4, 0.5) is 0 Å². The normalized spacial score (nSPS) is 12.1. The zero-order valence-corrected chi connectivity index (χ0v) is 12.9. The highest BCUT2D eigenvalue weighted by molar-refractivity contribution is 7.89. The highest BCUT2D eigenvalue weighted by Crippen LogP contribution is 2.19. The number of aromatic nitrogens is 3. The molecular weight excluding hydrogens is 312 g/mol. The number of carbonyl (C=O) groups is 1. The van der Waals surface area contributed by atoms with Gasteiger partial charge in [-0.1, -0.05) is 5.21 Å². The number of hydrogen-bond acceptors (Lipinski definition) is 6. The van der Waals surface area contributed by atoms with E-state index < -0.39 is 22.5 Å². The summed E-state index contributed by atoms with van der Waals surface area (Å²) in [7, 11) is -1.10. The molecule has 0 unspecified atom stereocenters. The van der Waals surface area contributed by atoms with Crippen LogP contribution in [0.25, 0.3) is 11.0 Å². The molecule has 1 heterocycles. The summed E-state index contributed by atoms with van der Waals surface area (Å²) >= 11 is 0. The number of sulfonamides is 1. The fraction of sp³-hybridized carbons (Fsp3) is 0.417. The lowest BCUT2D eigenvalue weighted by Gasteiger charge is -2.14. The molecule has 0 fully saturated rings. The molecule has 0 aliphatic heterocycles. The van der Waals surface area contributed by atoms with E-state index in [4.69, 9.17) is 9.84 Å². The maximum absolute atomic E-state index is 12.3. The number of hydrogen-bond donors (Lipinski definition) is 1. The van der Waals surface area contributed by atoms with Gasteiger partial charge < -0.3 is 9.84 Å². The number of likely N-dealkylation sites (N-methyl/N-ethyl adjacent to an activating group) is 1. The van der Waals surface area contributed by atoms with Crippen LogP contribution in [0.15, 0.2) is 23.1 Å². The van der Waals surface area contributed by atoms with Gasteiger partial charge in [-0.3, -0.25) is 4.79 Å². The predicted octanol–water partition coefficient (Wildman–Crippen LogP) is -0.217. The molecule has 0 saturated heterocycles. The van der Waals surface area contributed by atoms with Crippen molar-refractivity contribution in [2.75, 3.05) is 27.3 Å². The molecule has 10 heteroatoms. The Morgan fingerprint density at radius 1 is 1.45 bits per heavy atom. The van der Waals surface area contributed by atoms with Crippen LogP contribution in [0.2, 0.25) is 0 Å². The van der Waals surface area contributed by atoms with E-state index in [9.17, 15) is 13.2 Å². The Hall–Kier alpha value is -2.04. The van der Waals surface area contributed by atoms with Gasteiger partial charge in [0.25, 0.3) is 0 Å². The average Bonchev–Trinajstić information content (AvgIpc) is 2.86. The van der Waals surface area contributed by atoms with Crippen LogP contribution < -0.4 is 0 Å². The summed E-state index contributed by atoms with van der Waals surface area (Å²) in [6, 6.07) is 4.37. The van der Waals surface area contributed by atoms with Crippen molar-refractivity contribution < 1.29 is 23.1 Å². The van der Waals surface area contributed by atoms with Crippen LogP contribution in [-0.4, -0.2) is 66.1 Å². The van der Waals surface area contributed by atoms with Gasteiger partial charge in [-0.2, -0.15) is 4.31 Å².